The molecule has 2 aliphatic rings. The van der Waals surface area contributed by atoms with Crippen LogP contribution in [0.4, 0.5) is 16.2 Å². The lowest BCUT2D eigenvalue weighted by atomic mass is 9.98. The standard InChI is InChI=1S/C19H22N4O5/c1-11(24)20-13-5-6-14(15(9-13)21-12(2)25)16(26)10-23-17(27)19(22-18(23)28)7-3-4-8-19/h5-6,9H,3-4,7-8,10H2,1-2H3,(H,20,24)(H,21,25)(H,22,28). The van der Waals surface area contributed by atoms with Crippen LogP contribution in [0.5, 0.6) is 0 Å². The SMILES string of the molecule is CC(=O)Nc1ccc(C(=O)CN2C(=O)NC3(CCCC3)C2=O)c(NC(C)=O)c1. The summed E-state index contributed by atoms with van der Waals surface area (Å²) in [4.78, 5) is 61.5. The predicted octanol–water partition coefficient (Wildman–Crippen LogP) is 1.65. The minimum Gasteiger partial charge on any atom is -0.326 e. The molecule has 1 heterocycles. The highest BCUT2D eigenvalue weighted by atomic mass is 16.2. The van der Waals surface area contributed by atoms with Crippen molar-refractivity contribution in [1.29, 1.82) is 0 Å². The Hall–Kier alpha value is -3.23. The molecule has 2 fully saturated rings. The van der Waals surface area contributed by atoms with Gasteiger partial charge in [0.15, 0.2) is 5.78 Å². The van der Waals surface area contributed by atoms with Crippen molar-refractivity contribution < 1.29 is 24.0 Å². The van der Waals surface area contributed by atoms with E-state index in [1.165, 1.54) is 32.0 Å². The van der Waals surface area contributed by atoms with Crippen LogP contribution in [-0.4, -0.2) is 46.5 Å². The Morgan fingerprint density at radius 2 is 1.71 bits per heavy atom. The van der Waals surface area contributed by atoms with Crippen LogP contribution >= 0.6 is 0 Å². The smallest absolute Gasteiger partial charge is 0.325 e. The van der Waals surface area contributed by atoms with Gasteiger partial charge in [0.2, 0.25) is 11.8 Å². The topological polar surface area (TPSA) is 125 Å². The van der Waals surface area contributed by atoms with Crippen molar-refractivity contribution in [2.24, 2.45) is 0 Å². The Bertz CT molecular complexity index is 873. The summed E-state index contributed by atoms with van der Waals surface area (Å²) in [6, 6.07) is 3.85. The van der Waals surface area contributed by atoms with Gasteiger partial charge in [0.25, 0.3) is 5.91 Å². The van der Waals surface area contributed by atoms with Crippen LogP contribution < -0.4 is 16.0 Å². The molecule has 1 saturated heterocycles. The number of carbonyl (C=O) groups is 5. The summed E-state index contributed by atoms with van der Waals surface area (Å²) in [5.74, 6) is -1.56. The molecule has 1 aromatic rings. The molecule has 1 aliphatic heterocycles. The molecule has 1 aromatic carbocycles. The van der Waals surface area contributed by atoms with Gasteiger partial charge in [-0.2, -0.15) is 0 Å². The second kappa shape index (κ2) is 7.41. The average Bonchev–Trinajstić information content (AvgIpc) is 3.15. The summed E-state index contributed by atoms with van der Waals surface area (Å²) in [6.45, 7) is 2.21. The number of amides is 5. The van der Waals surface area contributed by atoms with Crippen LogP contribution in [0.15, 0.2) is 18.2 Å². The van der Waals surface area contributed by atoms with Crippen molar-refractivity contribution in [3.8, 4) is 0 Å². The Labute approximate surface area is 161 Å². The molecule has 0 unspecified atom stereocenters. The molecule has 0 bridgehead atoms. The maximum Gasteiger partial charge on any atom is 0.325 e. The second-order valence-electron chi connectivity index (χ2n) is 7.16. The fourth-order valence-electron chi connectivity index (χ4n) is 3.73. The summed E-state index contributed by atoms with van der Waals surface area (Å²) in [7, 11) is 0. The minimum absolute atomic E-state index is 0.150. The fourth-order valence-corrected chi connectivity index (χ4v) is 3.73. The normalized spacial score (nSPS) is 17.6. The molecule has 0 atom stereocenters. The van der Waals surface area contributed by atoms with Crippen molar-refractivity contribution in [1.82, 2.24) is 10.2 Å². The van der Waals surface area contributed by atoms with E-state index in [1.807, 2.05) is 0 Å². The van der Waals surface area contributed by atoms with E-state index in [2.05, 4.69) is 16.0 Å². The van der Waals surface area contributed by atoms with Crippen LogP contribution in [0, 0.1) is 0 Å². The van der Waals surface area contributed by atoms with Gasteiger partial charge < -0.3 is 16.0 Å². The molecule has 28 heavy (non-hydrogen) atoms. The number of hydrogen-bond donors (Lipinski definition) is 3. The first-order valence-electron chi connectivity index (χ1n) is 9.08. The van der Waals surface area contributed by atoms with E-state index in [4.69, 9.17) is 0 Å². The largest absolute Gasteiger partial charge is 0.326 e. The Kier molecular flexibility index (Phi) is 5.17. The highest BCUT2D eigenvalue weighted by Gasteiger charge is 2.52. The van der Waals surface area contributed by atoms with E-state index < -0.39 is 29.8 Å². The lowest BCUT2D eigenvalue weighted by Gasteiger charge is -2.20. The number of imide groups is 1. The zero-order chi connectivity index (χ0) is 20.5. The molecule has 3 N–H and O–H groups in total. The molecule has 1 spiro atoms. The Morgan fingerprint density at radius 1 is 1.07 bits per heavy atom. The van der Waals surface area contributed by atoms with E-state index in [0.29, 0.717) is 18.5 Å². The van der Waals surface area contributed by atoms with E-state index in [-0.39, 0.29) is 23.1 Å². The molecule has 1 saturated carbocycles. The van der Waals surface area contributed by atoms with Gasteiger partial charge in [-0.05, 0) is 31.0 Å². The molecule has 9 heteroatoms. The zero-order valence-corrected chi connectivity index (χ0v) is 15.8. The van der Waals surface area contributed by atoms with E-state index in [0.717, 1.165) is 17.7 Å². The summed E-state index contributed by atoms with van der Waals surface area (Å²) in [5.41, 5.74) is -0.121. The Balaban J connectivity index is 1.83. The van der Waals surface area contributed by atoms with Gasteiger partial charge in [0.05, 0.1) is 12.2 Å². The highest BCUT2D eigenvalue weighted by molar-refractivity contribution is 6.13. The quantitative estimate of drug-likeness (QED) is 0.524. The van der Waals surface area contributed by atoms with Crippen LogP contribution in [-0.2, 0) is 14.4 Å². The maximum atomic E-state index is 12.8. The van der Waals surface area contributed by atoms with Gasteiger partial charge in [-0.1, -0.05) is 12.8 Å². The highest BCUT2D eigenvalue weighted by Crippen LogP contribution is 2.35. The molecule has 0 radical (unpaired) electrons. The molecule has 0 aromatic heterocycles. The number of nitrogens with one attached hydrogen (secondary N) is 3. The third-order valence-corrected chi connectivity index (χ3v) is 4.96. The number of benzene rings is 1. The van der Waals surface area contributed by atoms with Crippen LogP contribution in [0.25, 0.3) is 0 Å². The molecule has 9 nitrogen and oxygen atoms in total. The second-order valence-corrected chi connectivity index (χ2v) is 7.16. The van der Waals surface area contributed by atoms with Crippen LogP contribution in [0.1, 0.15) is 49.9 Å². The maximum absolute atomic E-state index is 12.8. The van der Waals surface area contributed by atoms with Crippen molar-refractivity contribution in [2.75, 3.05) is 17.2 Å². The summed E-state index contributed by atoms with van der Waals surface area (Å²) < 4.78 is 0. The Morgan fingerprint density at radius 3 is 2.32 bits per heavy atom. The summed E-state index contributed by atoms with van der Waals surface area (Å²) >= 11 is 0. The van der Waals surface area contributed by atoms with E-state index in [9.17, 15) is 24.0 Å². The first-order valence-corrected chi connectivity index (χ1v) is 9.08. The molecular formula is C19H22N4O5. The van der Waals surface area contributed by atoms with E-state index in [1.54, 1.807) is 0 Å². The number of rotatable bonds is 5. The van der Waals surface area contributed by atoms with Crippen molar-refractivity contribution in [3.63, 3.8) is 0 Å². The molecule has 1 aliphatic carbocycles. The average molecular weight is 386 g/mol. The lowest BCUT2D eigenvalue weighted by Crippen LogP contribution is -2.44. The van der Waals surface area contributed by atoms with Crippen molar-refractivity contribution in [2.45, 2.75) is 45.1 Å². The number of hydrogen-bond acceptors (Lipinski definition) is 5. The van der Waals surface area contributed by atoms with E-state index >= 15 is 0 Å². The van der Waals surface area contributed by atoms with Gasteiger partial charge in [0.1, 0.15) is 5.54 Å². The number of urea groups is 1. The minimum atomic E-state index is -0.882. The number of Topliss-reactive ketones (excluding diaryl/α,β-unsaturated/α-hetero) is 1. The molecule has 3 rings (SSSR count). The molecular weight excluding hydrogens is 364 g/mol. The van der Waals surface area contributed by atoms with Gasteiger partial charge in [-0.25, -0.2) is 4.79 Å². The number of anilines is 2. The lowest BCUT2D eigenvalue weighted by molar-refractivity contribution is -0.130. The van der Waals surface area contributed by atoms with Gasteiger partial charge in [-0.15, -0.1) is 0 Å². The van der Waals surface area contributed by atoms with Crippen LogP contribution in [0.3, 0.4) is 0 Å². The van der Waals surface area contributed by atoms with Crippen LogP contribution in [0.2, 0.25) is 0 Å². The third kappa shape index (κ3) is 3.73. The first kappa shape index (κ1) is 19.5. The summed E-state index contributed by atoms with van der Waals surface area (Å²) in [5, 5.41) is 7.85. The zero-order valence-electron chi connectivity index (χ0n) is 15.8. The predicted molar refractivity (Wildman–Crippen MR) is 101 cm³/mol. The molecule has 5 amide bonds. The van der Waals surface area contributed by atoms with Gasteiger partial charge in [-0.3, -0.25) is 24.1 Å². The third-order valence-electron chi connectivity index (χ3n) is 4.96. The fraction of sp³-hybridized carbons (Fsp3) is 0.421. The number of carbonyl (C=O) groups excluding carboxylic acids is 5. The molecule has 148 valence electrons. The van der Waals surface area contributed by atoms with Crippen molar-refractivity contribution in [3.05, 3.63) is 23.8 Å². The van der Waals surface area contributed by atoms with Gasteiger partial charge >= 0.3 is 6.03 Å². The number of nitrogens with zero attached hydrogens (tertiary/aromatic N) is 1. The van der Waals surface area contributed by atoms with Crippen molar-refractivity contribution >= 4 is 40.9 Å². The summed E-state index contributed by atoms with van der Waals surface area (Å²) in [6.07, 6.45) is 2.85. The number of ketones is 1. The first-order chi connectivity index (χ1) is 13.2. The van der Waals surface area contributed by atoms with Gasteiger partial charge in [0, 0.05) is 25.1 Å². The monoisotopic (exact) mass is 386 g/mol.